The van der Waals surface area contributed by atoms with Crippen molar-refractivity contribution in [3.05, 3.63) is 48.2 Å². The molecule has 2 heterocycles. The molecule has 0 amide bonds. The average molecular weight is 666 g/mol. The highest BCUT2D eigenvalue weighted by molar-refractivity contribution is 7.89. The minimum Gasteiger partial charge on any atom is -0.495 e. The standard InChI is InChI=1S/C31H38F3N5O6S/c1-21(40)45-24(19-43-2)18-38-14-11-22(12-15-38)37-27-7-4-8-29-26(27)16-23(39(29)20-31(32,33)34)6-5-13-36-28-10-9-25(46(35,41)42)17-30(28)44-3/h4,7-10,16-17,22,24,36-37H,11-15,18-20H2,1-3H3,(H2,35,41,42). The van der Waals surface area contributed by atoms with Crippen LogP contribution in [0.2, 0.25) is 0 Å². The first-order chi connectivity index (χ1) is 21.8. The predicted molar refractivity (Wildman–Crippen MR) is 168 cm³/mol. The van der Waals surface area contributed by atoms with Crippen LogP contribution in [0, 0.1) is 11.8 Å². The number of carbonyl (C=O) groups is 1. The predicted octanol–water partition coefficient (Wildman–Crippen LogP) is 3.78. The minimum atomic E-state index is -4.47. The van der Waals surface area contributed by atoms with Crippen molar-refractivity contribution >= 4 is 38.3 Å². The molecule has 15 heteroatoms. The Hall–Kier alpha value is -3.97. The number of nitrogens with one attached hydrogen (secondary N) is 2. The van der Waals surface area contributed by atoms with Gasteiger partial charge in [0.05, 0.1) is 42.1 Å². The molecule has 0 bridgehead atoms. The summed E-state index contributed by atoms with van der Waals surface area (Å²) in [6.07, 6.45) is -3.25. The number of rotatable bonds is 12. The number of carbonyl (C=O) groups excluding carboxylic acids is 1. The highest BCUT2D eigenvalue weighted by Gasteiger charge is 2.30. The van der Waals surface area contributed by atoms with Crippen LogP contribution in [0.5, 0.6) is 5.75 Å². The van der Waals surface area contributed by atoms with Crippen molar-refractivity contribution in [3.63, 3.8) is 0 Å². The van der Waals surface area contributed by atoms with Crippen molar-refractivity contribution in [2.75, 3.05) is 57.6 Å². The van der Waals surface area contributed by atoms with Gasteiger partial charge in [0.1, 0.15) is 18.4 Å². The fourth-order valence-electron chi connectivity index (χ4n) is 5.44. The summed E-state index contributed by atoms with van der Waals surface area (Å²) in [7, 11) is -1.00. The maximum Gasteiger partial charge on any atom is 0.406 e. The number of hydrogen-bond acceptors (Lipinski definition) is 9. The van der Waals surface area contributed by atoms with Gasteiger partial charge in [0, 0.05) is 56.8 Å². The van der Waals surface area contributed by atoms with Crippen LogP contribution in [-0.4, -0.2) is 89.2 Å². The number of primary sulfonamides is 1. The molecular weight excluding hydrogens is 627 g/mol. The number of methoxy groups -OCH3 is 2. The monoisotopic (exact) mass is 665 g/mol. The molecule has 1 unspecified atom stereocenters. The van der Waals surface area contributed by atoms with Crippen LogP contribution >= 0.6 is 0 Å². The van der Waals surface area contributed by atoms with Crippen LogP contribution in [0.4, 0.5) is 24.5 Å². The zero-order chi connectivity index (χ0) is 33.5. The molecule has 46 heavy (non-hydrogen) atoms. The Kier molecular flexibility index (Phi) is 11.4. The Bertz CT molecular complexity index is 1690. The Morgan fingerprint density at radius 3 is 2.50 bits per heavy atom. The van der Waals surface area contributed by atoms with Gasteiger partial charge in [-0.2, -0.15) is 13.2 Å². The second-order valence-electron chi connectivity index (χ2n) is 10.9. The largest absolute Gasteiger partial charge is 0.495 e. The van der Waals surface area contributed by atoms with Crippen molar-refractivity contribution in [2.45, 2.75) is 49.5 Å². The number of fused-ring (bicyclic) bond motifs is 1. The summed E-state index contributed by atoms with van der Waals surface area (Å²) in [5, 5.41) is 12.3. The molecule has 0 radical (unpaired) electrons. The molecule has 2 aromatic carbocycles. The van der Waals surface area contributed by atoms with Gasteiger partial charge in [0.25, 0.3) is 0 Å². The highest BCUT2D eigenvalue weighted by Crippen LogP contribution is 2.32. The average Bonchev–Trinajstić information content (AvgIpc) is 3.32. The Labute approximate surface area is 266 Å². The molecule has 1 atom stereocenters. The number of piperidine rings is 1. The van der Waals surface area contributed by atoms with Gasteiger partial charge < -0.3 is 29.4 Å². The number of esters is 1. The Balaban J connectivity index is 1.49. The molecule has 3 aromatic rings. The molecule has 1 aliphatic heterocycles. The van der Waals surface area contributed by atoms with E-state index in [0.29, 0.717) is 29.7 Å². The first-order valence-electron chi connectivity index (χ1n) is 14.5. The molecule has 11 nitrogen and oxygen atoms in total. The molecule has 250 valence electrons. The van der Waals surface area contributed by atoms with E-state index in [2.05, 4.69) is 27.4 Å². The Morgan fingerprint density at radius 1 is 1.13 bits per heavy atom. The lowest BCUT2D eigenvalue weighted by molar-refractivity contribution is -0.150. The maximum absolute atomic E-state index is 13.7. The topological polar surface area (TPSA) is 137 Å². The zero-order valence-electron chi connectivity index (χ0n) is 25.8. The number of nitrogens with zero attached hydrogens (tertiary/aromatic N) is 2. The van der Waals surface area contributed by atoms with E-state index in [4.69, 9.17) is 19.3 Å². The number of sulfonamides is 1. The number of hydrogen-bond donors (Lipinski definition) is 3. The van der Waals surface area contributed by atoms with Crippen molar-refractivity contribution in [2.24, 2.45) is 5.14 Å². The number of halogens is 3. The van der Waals surface area contributed by atoms with Gasteiger partial charge in [-0.3, -0.25) is 9.69 Å². The summed E-state index contributed by atoms with van der Waals surface area (Å²) < 4.78 is 81.2. The molecule has 1 fully saturated rings. The van der Waals surface area contributed by atoms with E-state index in [1.807, 2.05) is 6.07 Å². The van der Waals surface area contributed by atoms with Crippen molar-refractivity contribution < 1.29 is 40.6 Å². The lowest BCUT2D eigenvalue weighted by Gasteiger charge is -2.34. The summed E-state index contributed by atoms with van der Waals surface area (Å²) in [6, 6.07) is 11.0. The van der Waals surface area contributed by atoms with E-state index in [0.717, 1.165) is 36.2 Å². The van der Waals surface area contributed by atoms with E-state index in [1.54, 1.807) is 25.3 Å². The molecule has 0 spiro atoms. The molecule has 4 rings (SSSR count). The van der Waals surface area contributed by atoms with Crippen LogP contribution in [-0.2, 0) is 30.8 Å². The molecule has 0 aliphatic carbocycles. The number of likely N-dealkylation sites (tertiary alicyclic amines) is 1. The SMILES string of the molecule is COCC(CN1CCC(Nc2cccc3c2cc(C#CCNc2ccc(S(N)(=O)=O)cc2OC)n3CC(F)(F)F)CC1)OC(C)=O. The number of ether oxygens (including phenoxy) is 3. The van der Waals surface area contributed by atoms with Crippen molar-refractivity contribution in [3.8, 4) is 17.6 Å². The lowest BCUT2D eigenvalue weighted by Crippen LogP contribution is -2.44. The van der Waals surface area contributed by atoms with Crippen LogP contribution in [0.15, 0.2) is 47.4 Å². The molecular formula is C31H38F3N5O6S. The zero-order valence-corrected chi connectivity index (χ0v) is 26.6. The maximum atomic E-state index is 13.7. The highest BCUT2D eigenvalue weighted by atomic mass is 32.2. The van der Waals surface area contributed by atoms with Gasteiger partial charge in [-0.05, 0) is 49.1 Å². The van der Waals surface area contributed by atoms with Crippen LogP contribution in [0.25, 0.3) is 10.9 Å². The van der Waals surface area contributed by atoms with Gasteiger partial charge in [0.2, 0.25) is 10.0 Å². The van der Waals surface area contributed by atoms with Gasteiger partial charge in [-0.25, -0.2) is 13.6 Å². The molecule has 4 N–H and O–H groups in total. The normalized spacial score (nSPS) is 15.2. The smallest absolute Gasteiger partial charge is 0.406 e. The van der Waals surface area contributed by atoms with Gasteiger partial charge in [-0.1, -0.05) is 12.0 Å². The van der Waals surface area contributed by atoms with E-state index < -0.39 is 22.7 Å². The number of aromatic nitrogens is 1. The van der Waals surface area contributed by atoms with E-state index in [1.165, 1.54) is 32.2 Å². The van der Waals surface area contributed by atoms with Crippen molar-refractivity contribution in [1.29, 1.82) is 0 Å². The molecule has 0 saturated carbocycles. The van der Waals surface area contributed by atoms with E-state index in [-0.39, 0.29) is 41.0 Å². The number of nitrogens with two attached hydrogens (primary N) is 1. The quantitative estimate of drug-likeness (QED) is 0.195. The second-order valence-corrected chi connectivity index (χ2v) is 12.5. The molecule has 1 saturated heterocycles. The van der Waals surface area contributed by atoms with Gasteiger partial charge >= 0.3 is 12.1 Å². The van der Waals surface area contributed by atoms with Crippen LogP contribution in [0.3, 0.4) is 0 Å². The number of benzene rings is 2. The van der Waals surface area contributed by atoms with E-state index in [9.17, 15) is 26.4 Å². The minimum absolute atomic E-state index is 0.0466. The fourth-order valence-corrected chi connectivity index (χ4v) is 5.97. The summed E-state index contributed by atoms with van der Waals surface area (Å²) in [5.74, 6) is 5.58. The summed E-state index contributed by atoms with van der Waals surface area (Å²) in [6.45, 7) is 2.58. The van der Waals surface area contributed by atoms with Gasteiger partial charge in [-0.15, -0.1) is 0 Å². The molecule has 1 aliphatic rings. The summed E-state index contributed by atoms with van der Waals surface area (Å²) in [5.41, 5.74) is 1.76. The number of alkyl halides is 3. The van der Waals surface area contributed by atoms with Crippen LogP contribution < -0.4 is 20.5 Å². The van der Waals surface area contributed by atoms with E-state index >= 15 is 0 Å². The van der Waals surface area contributed by atoms with Gasteiger partial charge in [0.15, 0.2) is 0 Å². The summed E-state index contributed by atoms with van der Waals surface area (Å²) >= 11 is 0. The third-order valence-electron chi connectivity index (χ3n) is 7.46. The second kappa shape index (κ2) is 15.1. The van der Waals surface area contributed by atoms with Crippen LogP contribution in [0.1, 0.15) is 25.5 Å². The fraction of sp³-hybridized carbons (Fsp3) is 0.452. The third kappa shape index (κ3) is 9.52. The Morgan fingerprint density at radius 2 is 1.87 bits per heavy atom. The summed E-state index contributed by atoms with van der Waals surface area (Å²) in [4.78, 5) is 13.5. The number of anilines is 2. The first-order valence-corrected chi connectivity index (χ1v) is 16.1. The molecule has 1 aromatic heterocycles. The first kappa shape index (κ1) is 34.9. The van der Waals surface area contributed by atoms with Crippen molar-refractivity contribution in [1.82, 2.24) is 9.47 Å². The third-order valence-corrected chi connectivity index (χ3v) is 8.37. The lowest BCUT2D eigenvalue weighted by atomic mass is 10.0.